The Hall–Kier alpha value is -2.20. The molecule has 4 heteroatoms. The number of nitrogens with one attached hydrogen (secondary N) is 1. The molecule has 3 rings (SSSR count). The molecule has 0 aliphatic heterocycles. The molecule has 0 unspecified atom stereocenters. The molecule has 0 atom stereocenters. The lowest BCUT2D eigenvalue weighted by Crippen LogP contribution is -2.18. The van der Waals surface area contributed by atoms with Crippen molar-refractivity contribution in [2.24, 2.45) is 0 Å². The first kappa shape index (κ1) is 12.8. The highest BCUT2D eigenvalue weighted by Gasteiger charge is 2.06. The lowest BCUT2D eigenvalue weighted by Gasteiger charge is -2.06. The monoisotopic (exact) mass is 266 g/mol. The van der Waals surface area contributed by atoms with Crippen molar-refractivity contribution in [1.82, 2.24) is 19.7 Å². The van der Waals surface area contributed by atoms with Gasteiger partial charge in [-0.15, -0.1) is 0 Å². The predicted octanol–water partition coefficient (Wildman–Crippen LogP) is 2.37. The summed E-state index contributed by atoms with van der Waals surface area (Å²) < 4.78 is 2.15. The number of aromatic nitrogens is 3. The van der Waals surface area contributed by atoms with E-state index in [2.05, 4.69) is 44.9 Å². The van der Waals surface area contributed by atoms with E-state index in [0.29, 0.717) is 0 Å². The molecule has 20 heavy (non-hydrogen) atoms. The van der Waals surface area contributed by atoms with E-state index in [1.54, 1.807) is 0 Å². The van der Waals surface area contributed by atoms with E-state index >= 15 is 0 Å². The minimum Gasteiger partial charge on any atom is -0.311 e. The number of aryl methyl sites for hydroxylation is 1. The summed E-state index contributed by atoms with van der Waals surface area (Å²) in [7, 11) is 0. The average Bonchev–Trinajstić information content (AvgIpc) is 2.80. The van der Waals surface area contributed by atoms with E-state index in [-0.39, 0.29) is 0 Å². The molecule has 0 aliphatic carbocycles. The van der Waals surface area contributed by atoms with Gasteiger partial charge in [-0.1, -0.05) is 6.07 Å². The lowest BCUT2D eigenvalue weighted by molar-refractivity contribution is 0.668. The van der Waals surface area contributed by atoms with Crippen LogP contribution in [-0.4, -0.2) is 20.9 Å². The minimum atomic E-state index is 0.835. The van der Waals surface area contributed by atoms with Crippen LogP contribution in [0, 0.1) is 6.92 Å². The molecular weight excluding hydrogens is 248 g/mol. The number of fused-ring (bicyclic) bond motifs is 1. The van der Waals surface area contributed by atoms with Gasteiger partial charge in [0.15, 0.2) is 0 Å². The Morgan fingerprint density at radius 2 is 2.00 bits per heavy atom. The van der Waals surface area contributed by atoms with Crippen LogP contribution in [0.5, 0.6) is 0 Å². The maximum Gasteiger partial charge on any atom is 0.137 e. The van der Waals surface area contributed by atoms with Crippen LogP contribution < -0.4 is 5.32 Å². The third-order valence-corrected chi connectivity index (χ3v) is 3.46. The maximum absolute atomic E-state index is 4.56. The Kier molecular flexibility index (Phi) is 3.74. The van der Waals surface area contributed by atoms with Crippen LogP contribution in [0.15, 0.2) is 48.9 Å². The van der Waals surface area contributed by atoms with Crippen LogP contribution in [0.4, 0.5) is 0 Å². The van der Waals surface area contributed by atoms with Crippen molar-refractivity contribution >= 4 is 5.65 Å². The van der Waals surface area contributed by atoms with E-state index in [9.17, 15) is 0 Å². The van der Waals surface area contributed by atoms with Crippen molar-refractivity contribution < 1.29 is 0 Å². The van der Waals surface area contributed by atoms with Crippen molar-refractivity contribution in [2.75, 3.05) is 6.54 Å². The fraction of sp³-hybridized carbons (Fsp3) is 0.250. The van der Waals surface area contributed by atoms with Gasteiger partial charge >= 0.3 is 0 Å². The van der Waals surface area contributed by atoms with Crippen LogP contribution >= 0.6 is 0 Å². The number of hydrogen-bond donors (Lipinski definition) is 1. The molecule has 102 valence electrons. The molecule has 0 radical (unpaired) electrons. The average molecular weight is 266 g/mol. The minimum absolute atomic E-state index is 0.835. The molecule has 0 saturated heterocycles. The van der Waals surface area contributed by atoms with Crippen LogP contribution in [-0.2, 0) is 13.0 Å². The van der Waals surface area contributed by atoms with Gasteiger partial charge in [0.1, 0.15) is 5.65 Å². The van der Waals surface area contributed by atoms with Crippen LogP contribution in [0.2, 0.25) is 0 Å². The molecular formula is C16H18N4. The first-order chi connectivity index (χ1) is 9.84. The Labute approximate surface area is 118 Å². The van der Waals surface area contributed by atoms with Gasteiger partial charge in [-0.3, -0.25) is 4.98 Å². The Bertz CT molecular complexity index is 688. The number of imidazole rings is 1. The summed E-state index contributed by atoms with van der Waals surface area (Å²) >= 11 is 0. The normalized spacial score (nSPS) is 11.1. The topological polar surface area (TPSA) is 42.2 Å². The van der Waals surface area contributed by atoms with E-state index in [1.165, 1.54) is 11.3 Å². The maximum atomic E-state index is 4.56. The quantitative estimate of drug-likeness (QED) is 0.721. The summed E-state index contributed by atoms with van der Waals surface area (Å²) in [5, 5.41) is 3.49. The highest BCUT2D eigenvalue weighted by Crippen LogP contribution is 2.11. The van der Waals surface area contributed by atoms with Gasteiger partial charge in [0, 0.05) is 25.1 Å². The number of pyridine rings is 2. The summed E-state index contributed by atoms with van der Waals surface area (Å²) in [6.07, 6.45) is 6.75. The van der Waals surface area contributed by atoms with Gasteiger partial charge in [-0.2, -0.15) is 0 Å². The van der Waals surface area contributed by atoms with Gasteiger partial charge in [0.25, 0.3) is 0 Å². The Balaban J connectivity index is 1.61. The molecule has 1 N–H and O–H groups in total. The molecule has 0 fully saturated rings. The predicted molar refractivity (Wildman–Crippen MR) is 79.6 cm³/mol. The highest BCUT2D eigenvalue weighted by molar-refractivity contribution is 5.42. The third-order valence-electron chi connectivity index (χ3n) is 3.46. The fourth-order valence-corrected chi connectivity index (χ4v) is 2.37. The Morgan fingerprint density at radius 1 is 1.15 bits per heavy atom. The molecule has 0 saturated carbocycles. The SMILES string of the molecule is Cc1nc2ccccn2c1CNCCc1ccncc1. The smallest absolute Gasteiger partial charge is 0.137 e. The molecule has 0 aromatic carbocycles. The summed E-state index contributed by atoms with van der Waals surface area (Å²) in [5.74, 6) is 0. The molecule has 0 aliphatic rings. The van der Waals surface area contributed by atoms with Gasteiger partial charge in [-0.25, -0.2) is 4.98 Å². The summed E-state index contributed by atoms with van der Waals surface area (Å²) in [6, 6.07) is 10.2. The lowest BCUT2D eigenvalue weighted by atomic mass is 10.2. The largest absolute Gasteiger partial charge is 0.311 e. The molecule has 0 bridgehead atoms. The van der Waals surface area contributed by atoms with Crippen LogP contribution in [0.3, 0.4) is 0 Å². The Morgan fingerprint density at radius 3 is 2.85 bits per heavy atom. The van der Waals surface area contributed by atoms with Crippen LogP contribution in [0.1, 0.15) is 17.0 Å². The molecule has 4 nitrogen and oxygen atoms in total. The molecule has 3 aromatic rings. The second kappa shape index (κ2) is 5.84. The van der Waals surface area contributed by atoms with Gasteiger partial charge in [0.2, 0.25) is 0 Å². The zero-order valence-corrected chi connectivity index (χ0v) is 11.6. The second-order valence-corrected chi connectivity index (χ2v) is 4.85. The summed E-state index contributed by atoms with van der Waals surface area (Å²) in [5.41, 5.74) is 4.64. The standard InChI is InChI=1S/C16H18N4/c1-13-15(20-11-3-2-4-16(20)19-13)12-18-10-7-14-5-8-17-9-6-14/h2-6,8-9,11,18H,7,10,12H2,1H3. The van der Waals surface area contributed by atoms with Gasteiger partial charge in [-0.05, 0) is 49.7 Å². The van der Waals surface area contributed by atoms with E-state index in [1.807, 2.05) is 30.6 Å². The van der Waals surface area contributed by atoms with Gasteiger partial charge < -0.3 is 9.72 Å². The molecule has 0 amide bonds. The first-order valence-corrected chi connectivity index (χ1v) is 6.87. The number of nitrogens with zero attached hydrogens (tertiary/aromatic N) is 3. The molecule has 0 spiro atoms. The van der Waals surface area contributed by atoms with Crippen molar-refractivity contribution in [2.45, 2.75) is 19.9 Å². The van der Waals surface area contributed by atoms with Crippen molar-refractivity contribution in [1.29, 1.82) is 0 Å². The zero-order valence-electron chi connectivity index (χ0n) is 11.6. The third kappa shape index (κ3) is 2.70. The first-order valence-electron chi connectivity index (χ1n) is 6.87. The second-order valence-electron chi connectivity index (χ2n) is 4.85. The zero-order chi connectivity index (χ0) is 13.8. The molecule has 3 aromatic heterocycles. The summed E-state index contributed by atoms with van der Waals surface area (Å²) in [4.78, 5) is 8.59. The van der Waals surface area contributed by atoms with Crippen molar-refractivity contribution in [3.05, 3.63) is 65.9 Å². The van der Waals surface area contributed by atoms with Crippen molar-refractivity contribution in [3.63, 3.8) is 0 Å². The van der Waals surface area contributed by atoms with E-state index in [0.717, 1.165) is 30.9 Å². The fourth-order valence-electron chi connectivity index (χ4n) is 2.37. The van der Waals surface area contributed by atoms with E-state index in [4.69, 9.17) is 0 Å². The highest BCUT2D eigenvalue weighted by atomic mass is 15.0. The van der Waals surface area contributed by atoms with Crippen molar-refractivity contribution in [3.8, 4) is 0 Å². The van der Waals surface area contributed by atoms with E-state index < -0.39 is 0 Å². The number of rotatable bonds is 5. The summed E-state index contributed by atoms with van der Waals surface area (Å²) in [6.45, 7) is 3.85. The molecule has 3 heterocycles. The van der Waals surface area contributed by atoms with Crippen LogP contribution in [0.25, 0.3) is 5.65 Å². The number of hydrogen-bond acceptors (Lipinski definition) is 3. The van der Waals surface area contributed by atoms with Gasteiger partial charge in [0.05, 0.1) is 11.4 Å².